The van der Waals surface area contributed by atoms with Gasteiger partial charge in [0.1, 0.15) is 0 Å². The van der Waals surface area contributed by atoms with Crippen molar-refractivity contribution < 1.29 is 5.11 Å². The van der Waals surface area contributed by atoms with Crippen LogP contribution in [-0.2, 0) is 6.42 Å². The first-order chi connectivity index (χ1) is 8.56. The molecule has 0 bridgehead atoms. The fourth-order valence-electron chi connectivity index (χ4n) is 2.19. The van der Waals surface area contributed by atoms with Crippen molar-refractivity contribution in [3.63, 3.8) is 0 Å². The summed E-state index contributed by atoms with van der Waals surface area (Å²) in [6, 6.07) is 14.2. The van der Waals surface area contributed by atoms with E-state index in [1.807, 2.05) is 24.3 Å². The molecular formula is C16H17BrO. The molecule has 0 radical (unpaired) electrons. The van der Waals surface area contributed by atoms with Crippen LogP contribution < -0.4 is 0 Å². The van der Waals surface area contributed by atoms with Crippen molar-refractivity contribution in [2.24, 2.45) is 0 Å². The van der Waals surface area contributed by atoms with Gasteiger partial charge in [-0.25, -0.2) is 0 Å². The molecule has 0 aliphatic carbocycles. The van der Waals surface area contributed by atoms with E-state index < -0.39 is 6.10 Å². The van der Waals surface area contributed by atoms with Gasteiger partial charge in [0, 0.05) is 10.9 Å². The van der Waals surface area contributed by atoms with E-state index in [1.165, 1.54) is 11.1 Å². The van der Waals surface area contributed by atoms with E-state index in [1.54, 1.807) is 0 Å². The van der Waals surface area contributed by atoms with Gasteiger partial charge in [-0.2, -0.15) is 0 Å². The minimum Gasteiger partial charge on any atom is -0.388 e. The third kappa shape index (κ3) is 3.21. The molecule has 1 N–H and O–H groups in total. The van der Waals surface area contributed by atoms with Crippen molar-refractivity contribution in [1.82, 2.24) is 0 Å². The molecule has 0 heterocycles. The molecule has 0 saturated carbocycles. The summed E-state index contributed by atoms with van der Waals surface area (Å²) in [6.07, 6.45) is 0.173. The Balaban J connectivity index is 2.22. The molecule has 2 aromatic rings. The van der Waals surface area contributed by atoms with Crippen molar-refractivity contribution in [2.75, 3.05) is 0 Å². The van der Waals surface area contributed by atoms with Gasteiger partial charge in [0.2, 0.25) is 0 Å². The third-order valence-electron chi connectivity index (χ3n) is 3.00. The van der Waals surface area contributed by atoms with Crippen molar-refractivity contribution in [2.45, 2.75) is 26.4 Å². The lowest BCUT2D eigenvalue weighted by atomic mass is 9.98. The molecular weight excluding hydrogens is 288 g/mol. The molecule has 2 aromatic carbocycles. The number of halogens is 1. The molecule has 0 aliphatic rings. The second kappa shape index (κ2) is 5.68. The lowest BCUT2D eigenvalue weighted by Gasteiger charge is -2.14. The van der Waals surface area contributed by atoms with Gasteiger partial charge in [-0.1, -0.05) is 63.5 Å². The minimum absolute atomic E-state index is 0.456. The molecule has 0 saturated heterocycles. The number of hydrogen-bond acceptors (Lipinski definition) is 1. The fraction of sp³-hybridized carbons (Fsp3) is 0.250. The van der Waals surface area contributed by atoms with Crippen LogP contribution in [0.1, 0.15) is 28.4 Å². The molecule has 2 heteroatoms. The summed E-state index contributed by atoms with van der Waals surface area (Å²) in [7, 11) is 0. The third-order valence-corrected chi connectivity index (χ3v) is 3.77. The molecule has 94 valence electrons. The predicted octanol–water partition coefficient (Wildman–Crippen LogP) is 4.34. The molecule has 0 fully saturated rings. The molecule has 0 amide bonds. The van der Waals surface area contributed by atoms with E-state index in [9.17, 15) is 5.11 Å². The molecule has 1 nitrogen and oxygen atoms in total. The second-order valence-corrected chi connectivity index (χ2v) is 5.59. The first-order valence-electron chi connectivity index (χ1n) is 6.06. The van der Waals surface area contributed by atoms with Crippen LogP contribution in [0.4, 0.5) is 0 Å². The summed E-state index contributed by atoms with van der Waals surface area (Å²) in [5.41, 5.74) is 4.50. The van der Waals surface area contributed by atoms with Crippen LogP contribution in [0.3, 0.4) is 0 Å². The van der Waals surface area contributed by atoms with Crippen molar-refractivity contribution >= 4 is 15.9 Å². The van der Waals surface area contributed by atoms with Crippen LogP contribution in [-0.4, -0.2) is 5.11 Å². The molecule has 0 spiro atoms. The van der Waals surface area contributed by atoms with Crippen LogP contribution in [0.5, 0.6) is 0 Å². The highest BCUT2D eigenvalue weighted by molar-refractivity contribution is 9.10. The van der Waals surface area contributed by atoms with Crippen LogP contribution >= 0.6 is 15.9 Å². The normalized spacial score (nSPS) is 12.4. The second-order valence-electron chi connectivity index (χ2n) is 4.73. The van der Waals surface area contributed by atoms with Gasteiger partial charge < -0.3 is 5.11 Å². The van der Waals surface area contributed by atoms with Crippen molar-refractivity contribution in [3.05, 3.63) is 69.2 Å². The Bertz CT molecular complexity index is 528. The standard InChI is InChI=1S/C16H17BrO/c1-11-7-12(2)9-14(8-11)16(18)10-13-5-3-4-6-15(13)17/h3-9,16,18H,10H2,1-2H3. The first-order valence-corrected chi connectivity index (χ1v) is 6.85. The summed E-state index contributed by atoms with van der Waals surface area (Å²) in [5, 5.41) is 10.3. The zero-order valence-corrected chi connectivity index (χ0v) is 12.2. The quantitative estimate of drug-likeness (QED) is 0.894. The Kier molecular flexibility index (Phi) is 4.20. The lowest BCUT2D eigenvalue weighted by molar-refractivity contribution is 0.178. The summed E-state index contributed by atoms with van der Waals surface area (Å²) < 4.78 is 1.05. The topological polar surface area (TPSA) is 20.2 Å². The molecule has 0 aromatic heterocycles. The SMILES string of the molecule is Cc1cc(C)cc(C(O)Cc2ccccc2Br)c1. The van der Waals surface area contributed by atoms with Gasteiger partial charge in [0.25, 0.3) is 0 Å². The lowest BCUT2D eigenvalue weighted by Crippen LogP contribution is -2.03. The minimum atomic E-state index is -0.456. The average Bonchev–Trinajstić information content (AvgIpc) is 2.31. The van der Waals surface area contributed by atoms with Gasteiger partial charge in [-0.3, -0.25) is 0 Å². The number of aliphatic hydroxyl groups excluding tert-OH is 1. The Hall–Kier alpha value is -1.12. The molecule has 1 atom stereocenters. The Morgan fingerprint density at radius 2 is 1.67 bits per heavy atom. The van der Waals surface area contributed by atoms with Gasteiger partial charge in [-0.15, -0.1) is 0 Å². The van der Waals surface area contributed by atoms with Crippen molar-refractivity contribution in [1.29, 1.82) is 0 Å². The Morgan fingerprint density at radius 3 is 2.28 bits per heavy atom. The summed E-state index contributed by atoms with van der Waals surface area (Å²) in [6.45, 7) is 4.11. The van der Waals surface area contributed by atoms with E-state index in [-0.39, 0.29) is 0 Å². The molecule has 18 heavy (non-hydrogen) atoms. The molecule has 0 aliphatic heterocycles. The smallest absolute Gasteiger partial charge is 0.0830 e. The maximum absolute atomic E-state index is 10.3. The molecule has 1 unspecified atom stereocenters. The fourth-order valence-corrected chi connectivity index (χ4v) is 2.64. The van der Waals surface area contributed by atoms with Crippen LogP contribution in [0.15, 0.2) is 46.9 Å². The maximum Gasteiger partial charge on any atom is 0.0830 e. The summed E-state index contributed by atoms with van der Waals surface area (Å²) >= 11 is 3.52. The number of benzene rings is 2. The van der Waals surface area contributed by atoms with Crippen LogP contribution in [0.2, 0.25) is 0 Å². The van der Waals surface area contributed by atoms with E-state index >= 15 is 0 Å². The number of rotatable bonds is 3. The van der Waals surface area contributed by atoms with Crippen LogP contribution in [0.25, 0.3) is 0 Å². The van der Waals surface area contributed by atoms with Crippen molar-refractivity contribution in [3.8, 4) is 0 Å². The largest absolute Gasteiger partial charge is 0.388 e. The highest BCUT2D eigenvalue weighted by Gasteiger charge is 2.11. The first kappa shape index (κ1) is 13.3. The van der Waals surface area contributed by atoms with Crippen LogP contribution in [0, 0.1) is 13.8 Å². The molecule has 2 rings (SSSR count). The van der Waals surface area contributed by atoms with E-state index in [0.29, 0.717) is 6.42 Å². The summed E-state index contributed by atoms with van der Waals surface area (Å²) in [5.74, 6) is 0. The number of hydrogen-bond donors (Lipinski definition) is 1. The number of aryl methyl sites for hydroxylation is 2. The highest BCUT2D eigenvalue weighted by Crippen LogP contribution is 2.24. The van der Waals surface area contributed by atoms with Gasteiger partial charge in [0.15, 0.2) is 0 Å². The monoisotopic (exact) mass is 304 g/mol. The highest BCUT2D eigenvalue weighted by atomic mass is 79.9. The van der Waals surface area contributed by atoms with E-state index in [4.69, 9.17) is 0 Å². The van der Waals surface area contributed by atoms with Gasteiger partial charge in [0.05, 0.1) is 6.10 Å². The zero-order valence-electron chi connectivity index (χ0n) is 10.7. The predicted molar refractivity (Wildman–Crippen MR) is 78.7 cm³/mol. The Labute approximate surface area is 117 Å². The Morgan fingerprint density at radius 1 is 1.06 bits per heavy atom. The zero-order chi connectivity index (χ0) is 13.1. The average molecular weight is 305 g/mol. The van der Waals surface area contributed by atoms with Gasteiger partial charge in [-0.05, 0) is 31.0 Å². The van der Waals surface area contributed by atoms with E-state index in [2.05, 4.69) is 48.0 Å². The summed E-state index contributed by atoms with van der Waals surface area (Å²) in [4.78, 5) is 0. The van der Waals surface area contributed by atoms with Gasteiger partial charge >= 0.3 is 0 Å². The number of aliphatic hydroxyl groups is 1. The maximum atomic E-state index is 10.3. The van der Waals surface area contributed by atoms with E-state index in [0.717, 1.165) is 15.6 Å².